The molecule has 0 atom stereocenters. The number of amides is 1. The SMILES string of the molecule is CCCn1c(C)c(CC(=O)NC2CCC(O)CC2)c2c1CC(C)(C)CC2=O. The van der Waals surface area contributed by atoms with E-state index in [1.54, 1.807) is 0 Å². The van der Waals surface area contributed by atoms with Crippen LogP contribution in [-0.2, 0) is 24.2 Å². The monoisotopic (exact) mass is 374 g/mol. The van der Waals surface area contributed by atoms with Gasteiger partial charge in [0.2, 0.25) is 5.91 Å². The Balaban J connectivity index is 1.83. The Morgan fingerprint density at radius 2 is 1.89 bits per heavy atom. The molecule has 0 spiro atoms. The highest BCUT2D eigenvalue weighted by Crippen LogP contribution is 2.39. The van der Waals surface area contributed by atoms with Gasteiger partial charge in [-0.15, -0.1) is 0 Å². The number of aliphatic hydroxyl groups is 1. The van der Waals surface area contributed by atoms with Gasteiger partial charge in [0, 0.05) is 36.0 Å². The van der Waals surface area contributed by atoms with E-state index in [-0.39, 0.29) is 35.7 Å². The van der Waals surface area contributed by atoms with Crippen molar-refractivity contribution in [2.24, 2.45) is 5.41 Å². The van der Waals surface area contributed by atoms with Gasteiger partial charge in [0.05, 0.1) is 12.5 Å². The van der Waals surface area contributed by atoms with E-state index in [9.17, 15) is 14.7 Å². The van der Waals surface area contributed by atoms with E-state index in [1.807, 2.05) is 6.92 Å². The zero-order valence-electron chi connectivity index (χ0n) is 17.2. The molecule has 2 N–H and O–H groups in total. The third-order valence-corrected chi connectivity index (χ3v) is 6.17. The van der Waals surface area contributed by atoms with E-state index in [4.69, 9.17) is 0 Å². The van der Waals surface area contributed by atoms with Gasteiger partial charge >= 0.3 is 0 Å². The molecule has 0 radical (unpaired) electrons. The number of aromatic nitrogens is 1. The predicted octanol–water partition coefficient (Wildman–Crippen LogP) is 3.32. The van der Waals surface area contributed by atoms with Crippen LogP contribution in [0.1, 0.15) is 86.6 Å². The van der Waals surface area contributed by atoms with Gasteiger partial charge in [-0.3, -0.25) is 9.59 Å². The molecule has 3 rings (SSSR count). The van der Waals surface area contributed by atoms with Gasteiger partial charge in [-0.05, 0) is 56.4 Å². The summed E-state index contributed by atoms with van der Waals surface area (Å²) in [6.45, 7) is 9.38. The van der Waals surface area contributed by atoms with E-state index in [1.165, 1.54) is 0 Å². The maximum absolute atomic E-state index is 12.9. The summed E-state index contributed by atoms with van der Waals surface area (Å²) >= 11 is 0. The van der Waals surface area contributed by atoms with Crippen molar-refractivity contribution in [3.63, 3.8) is 0 Å². The van der Waals surface area contributed by atoms with Crippen molar-refractivity contribution in [3.05, 3.63) is 22.5 Å². The number of hydrogen-bond acceptors (Lipinski definition) is 3. The topological polar surface area (TPSA) is 71.3 Å². The second-order valence-corrected chi connectivity index (χ2v) is 9.23. The molecular weight excluding hydrogens is 340 g/mol. The van der Waals surface area contributed by atoms with E-state index in [0.29, 0.717) is 6.42 Å². The summed E-state index contributed by atoms with van der Waals surface area (Å²) in [5, 5.41) is 12.8. The minimum Gasteiger partial charge on any atom is -0.393 e. The van der Waals surface area contributed by atoms with Crippen molar-refractivity contribution in [1.82, 2.24) is 9.88 Å². The number of nitrogens with one attached hydrogen (secondary N) is 1. The molecular formula is C22H34N2O3. The van der Waals surface area contributed by atoms with Crippen LogP contribution in [0.25, 0.3) is 0 Å². The quantitative estimate of drug-likeness (QED) is 0.830. The lowest BCUT2D eigenvalue weighted by atomic mass is 9.75. The summed E-state index contributed by atoms with van der Waals surface area (Å²) in [5.41, 5.74) is 3.91. The summed E-state index contributed by atoms with van der Waals surface area (Å²) in [4.78, 5) is 25.6. The van der Waals surface area contributed by atoms with Gasteiger partial charge in [-0.1, -0.05) is 20.8 Å². The highest BCUT2D eigenvalue weighted by molar-refractivity contribution is 6.01. The van der Waals surface area contributed by atoms with Crippen molar-refractivity contribution in [2.75, 3.05) is 0 Å². The van der Waals surface area contributed by atoms with Gasteiger partial charge in [0.1, 0.15) is 0 Å². The second kappa shape index (κ2) is 7.78. The molecule has 0 unspecified atom stereocenters. The Hall–Kier alpha value is -1.62. The number of rotatable bonds is 5. The molecule has 1 amide bonds. The van der Waals surface area contributed by atoms with Gasteiger partial charge in [-0.2, -0.15) is 0 Å². The first-order chi connectivity index (χ1) is 12.7. The van der Waals surface area contributed by atoms with Crippen LogP contribution in [0.3, 0.4) is 0 Å². The first kappa shape index (κ1) is 20.1. The molecule has 0 saturated heterocycles. The fourth-order valence-corrected chi connectivity index (χ4v) is 4.81. The maximum atomic E-state index is 12.9. The first-order valence-electron chi connectivity index (χ1n) is 10.4. The summed E-state index contributed by atoms with van der Waals surface area (Å²) in [7, 11) is 0. The van der Waals surface area contributed by atoms with Gasteiger partial charge in [0.25, 0.3) is 0 Å². The second-order valence-electron chi connectivity index (χ2n) is 9.23. The average Bonchev–Trinajstić information content (AvgIpc) is 2.82. The number of hydrogen-bond donors (Lipinski definition) is 2. The predicted molar refractivity (Wildman–Crippen MR) is 106 cm³/mol. The van der Waals surface area contributed by atoms with Crippen molar-refractivity contribution >= 4 is 11.7 Å². The van der Waals surface area contributed by atoms with Crippen LogP contribution in [0.15, 0.2) is 0 Å². The normalized spacial score (nSPS) is 24.6. The Bertz CT molecular complexity index is 724. The van der Waals surface area contributed by atoms with Crippen molar-refractivity contribution in [2.45, 2.75) is 97.8 Å². The number of ketones is 1. The smallest absolute Gasteiger partial charge is 0.224 e. The summed E-state index contributed by atoms with van der Waals surface area (Å²) < 4.78 is 2.27. The van der Waals surface area contributed by atoms with Crippen LogP contribution in [0.2, 0.25) is 0 Å². The molecule has 1 aromatic rings. The third-order valence-electron chi connectivity index (χ3n) is 6.17. The Morgan fingerprint density at radius 3 is 2.52 bits per heavy atom. The lowest BCUT2D eigenvalue weighted by Crippen LogP contribution is -2.39. The van der Waals surface area contributed by atoms with E-state index in [0.717, 1.165) is 67.6 Å². The molecule has 2 aliphatic carbocycles. The van der Waals surface area contributed by atoms with Crippen LogP contribution in [-0.4, -0.2) is 33.5 Å². The van der Waals surface area contributed by atoms with E-state index >= 15 is 0 Å². The molecule has 5 heteroatoms. The number of carbonyl (C=O) groups is 2. The number of nitrogens with zero attached hydrogens (tertiary/aromatic N) is 1. The number of fused-ring (bicyclic) bond motifs is 1. The molecule has 0 aromatic carbocycles. The van der Waals surface area contributed by atoms with Gasteiger partial charge < -0.3 is 15.0 Å². The molecule has 1 saturated carbocycles. The summed E-state index contributed by atoms with van der Waals surface area (Å²) in [5.74, 6) is 0.177. The van der Waals surface area contributed by atoms with Crippen LogP contribution < -0.4 is 5.32 Å². The largest absolute Gasteiger partial charge is 0.393 e. The molecule has 27 heavy (non-hydrogen) atoms. The summed E-state index contributed by atoms with van der Waals surface area (Å²) in [6.07, 6.45) is 5.64. The van der Waals surface area contributed by atoms with Crippen LogP contribution >= 0.6 is 0 Å². The Morgan fingerprint density at radius 1 is 1.22 bits per heavy atom. The molecule has 2 aliphatic rings. The van der Waals surface area contributed by atoms with Crippen molar-refractivity contribution in [1.29, 1.82) is 0 Å². The standard InChI is InChI=1S/C22H34N2O3/c1-5-10-24-14(2)17(21-18(24)12-22(3,4)13-19(21)26)11-20(27)23-15-6-8-16(25)9-7-15/h15-16,25H,5-13H2,1-4H3,(H,23,27). The fraction of sp³-hybridized carbons (Fsp3) is 0.727. The zero-order chi connectivity index (χ0) is 19.8. The van der Waals surface area contributed by atoms with Crippen LogP contribution in [0.4, 0.5) is 0 Å². The molecule has 150 valence electrons. The Labute approximate surface area is 162 Å². The average molecular weight is 375 g/mol. The molecule has 5 nitrogen and oxygen atoms in total. The maximum Gasteiger partial charge on any atom is 0.224 e. The third kappa shape index (κ3) is 4.29. The van der Waals surface area contributed by atoms with Gasteiger partial charge in [-0.25, -0.2) is 0 Å². The zero-order valence-corrected chi connectivity index (χ0v) is 17.2. The molecule has 0 bridgehead atoms. The molecule has 0 aliphatic heterocycles. The Kier molecular flexibility index (Phi) is 5.80. The number of aliphatic hydroxyl groups excluding tert-OH is 1. The van der Waals surface area contributed by atoms with E-state index in [2.05, 4.69) is 30.7 Å². The van der Waals surface area contributed by atoms with Gasteiger partial charge in [0.15, 0.2) is 5.78 Å². The van der Waals surface area contributed by atoms with E-state index < -0.39 is 0 Å². The van der Waals surface area contributed by atoms with Crippen molar-refractivity contribution in [3.8, 4) is 0 Å². The lowest BCUT2D eigenvalue weighted by molar-refractivity contribution is -0.121. The number of Topliss-reactive ketones (excluding diaryl/α,β-unsaturated/α-hetero) is 1. The summed E-state index contributed by atoms with van der Waals surface area (Å²) in [6, 6.07) is 0.143. The number of carbonyl (C=O) groups excluding carboxylic acids is 2. The minimum absolute atomic E-state index is 0.00595. The highest BCUT2D eigenvalue weighted by Gasteiger charge is 2.37. The fourth-order valence-electron chi connectivity index (χ4n) is 4.81. The minimum atomic E-state index is -0.225. The van der Waals surface area contributed by atoms with Crippen LogP contribution in [0.5, 0.6) is 0 Å². The van der Waals surface area contributed by atoms with Crippen LogP contribution in [0, 0.1) is 12.3 Å². The first-order valence-corrected chi connectivity index (χ1v) is 10.4. The van der Waals surface area contributed by atoms with Crippen molar-refractivity contribution < 1.29 is 14.7 Å². The molecule has 1 heterocycles. The lowest BCUT2D eigenvalue weighted by Gasteiger charge is -2.30. The molecule has 1 fully saturated rings. The highest BCUT2D eigenvalue weighted by atomic mass is 16.3. The molecule has 1 aromatic heterocycles.